The zero-order valence-electron chi connectivity index (χ0n) is 15.7. The highest BCUT2D eigenvalue weighted by molar-refractivity contribution is 9.10. The van der Waals surface area contributed by atoms with Crippen molar-refractivity contribution in [1.82, 2.24) is 4.90 Å². The smallest absolute Gasteiger partial charge is 0.410 e. The summed E-state index contributed by atoms with van der Waals surface area (Å²) in [6.07, 6.45) is 0.345. The molecule has 1 aromatic heterocycles. The molecule has 0 fully saturated rings. The number of carbonyl (C=O) groups excluding carboxylic acids is 1. The first-order valence-electron chi connectivity index (χ1n) is 8.58. The zero-order chi connectivity index (χ0) is 19.2. The van der Waals surface area contributed by atoms with E-state index < -0.39 is 5.60 Å². The molecule has 0 spiro atoms. The van der Waals surface area contributed by atoms with Gasteiger partial charge in [-0.2, -0.15) is 0 Å². The number of benzene rings is 1. The maximum absolute atomic E-state index is 12.1. The van der Waals surface area contributed by atoms with Gasteiger partial charge in [-0.25, -0.2) is 4.79 Å². The molecule has 2 aromatic rings. The summed E-state index contributed by atoms with van der Waals surface area (Å²) in [6, 6.07) is 12.2. The van der Waals surface area contributed by atoms with Crippen LogP contribution in [-0.4, -0.2) is 30.2 Å². The predicted molar refractivity (Wildman–Crippen MR) is 109 cm³/mol. The maximum atomic E-state index is 12.1. The molecule has 1 atom stereocenters. The molecule has 6 heteroatoms. The first-order valence-corrected chi connectivity index (χ1v) is 10.3. The van der Waals surface area contributed by atoms with Gasteiger partial charge in [0.05, 0.1) is 12.7 Å². The molecule has 0 saturated carbocycles. The Labute approximate surface area is 168 Å². The lowest BCUT2D eigenvalue weighted by Gasteiger charge is -2.26. The third kappa shape index (κ3) is 7.09. The van der Waals surface area contributed by atoms with Crippen LogP contribution in [-0.2, 0) is 16.1 Å². The normalized spacial score (nSPS) is 12.7. The van der Waals surface area contributed by atoms with Crippen LogP contribution in [0.4, 0.5) is 4.79 Å². The molecule has 0 radical (unpaired) electrons. The van der Waals surface area contributed by atoms with E-state index in [1.807, 2.05) is 50.4 Å². The van der Waals surface area contributed by atoms with Crippen LogP contribution in [0.15, 0.2) is 46.3 Å². The van der Waals surface area contributed by atoms with Crippen molar-refractivity contribution in [3.05, 3.63) is 56.7 Å². The molecule has 1 heterocycles. The van der Waals surface area contributed by atoms with Gasteiger partial charge >= 0.3 is 6.09 Å². The van der Waals surface area contributed by atoms with Gasteiger partial charge < -0.3 is 14.4 Å². The molecule has 0 N–H and O–H groups in total. The fourth-order valence-corrected chi connectivity index (χ4v) is 3.60. The Morgan fingerprint density at radius 2 is 2.04 bits per heavy atom. The van der Waals surface area contributed by atoms with Crippen molar-refractivity contribution in [2.45, 2.75) is 45.5 Å². The zero-order valence-corrected chi connectivity index (χ0v) is 18.1. The first kappa shape index (κ1) is 20.9. The highest BCUT2D eigenvalue weighted by Crippen LogP contribution is 2.27. The minimum absolute atomic E-state index is 0.0566. The molecular weight excluding hydrogens is 414 g/mol. The van der Waals surface area contributed by atoms with E-state index in [9.17, 15) is 4.79 Å². The largest absolute Gasteiger partial charge is 0.444 e. The van der Waals surface area contributed by atoms with Crippen LogP contribution < -0.4 is 0 Å². The van der Waals surface area contributed by atoms with Crippen molar-refractivity contribution >= 4 is 33.4 Å². The van der Waals surface area contributed by atoms with Gasteiger partial charge in [0.25, 0.3) is 0 Å². The topological polar surface area (TPSA) is 38.8 Å². The number of halogens is 1. The summed E-state index contributed by atoms with van der Waals surface area (Å²) in [7, 11) is 1.76. The van der Waals surface area contributed by atoms with Crippen molar-refractivity contribution in [3.8, 4) is 0 Å². The summed E-state index contributed by atoms with van der Waals surface area (Å²) in [6.45, 7) is 6.70. The second-order valence-electron chi connectivity index (χ2n) is 7.14. The number of hydrogen-bond acceptors (Lipinski definition) is 4. The standard InChI is InChI=1S/C20H26BrNO3S/c1-20(2,3)25-19(23)22(4)11-10-17(18-9-6-12-26-18)24-14-15-7-5-8-16(21)13-15/h5-9,12-13,17H,10-11,14H2,1-4H3/t17-/m1/s1. The van der Waals surface area contributed by atoms with E-state index in [1.54, 1.807) is 23.3 Å². The molecule has 0 aliphatic rings. The van der Waals surface area contributed by atoms with E-state index in [-0.39, 0.29) is 12.2 Å². The van der Waals surface area contributed by atoms with Gasteiger partial charge in [-0.05, 0) is 56.3 Å². The van der Waals surface area contributed by atoms with Crippen LogP contribution in [0, 0.1) is 0 Å². The van der Waals surface area contributed by atoms with E-state index >= 15 is 0 Å². The Bertz CT molecular complexity index is 697. The molecule has 0 aliphatic heterocycles. The number of rotatable bonds is 7. The average Bonchev–Trinajstić information content (AvgIpc) is 3.07. The molecule has 142 valence electrons. The van der Waals surface area contributed by atoms with Crippen LogP contribution in [0.5, 0.6) is 0 Å². The molecule has 4 nitrogen and oxygen atoms in total. The van der Waals surface area contributed by atoms with E-state index in [0.29, 0.717) is 19.6 Å². The van der Waals surface area contributed by atoms with Crippen LogP contribution in [0.2, 0.25) is 0 Å². The summed E-state index contributed by atoms with van der Waals surface area (Å²) in [5.41, 5.74) is 0.622. The number of nitrogens with zero attached hydrogens (tertiary/aromatic N) is 1. The minimum atomic E-state index is -0.490. The van der Waals surface area contributed by atoms with Gasteiger partial charge in [-0.1, -0.05) is 34.1 Å². The average molecular weight is 440 g/mol. The lowest BCUT2D eigenvalue weighted by Crippen LogP contribution is -2.35. The lowest BCUT2D eigenvalue weighted by molar-refractivity contribution is 0.0148. The van der Waals surface area contributed by atoms with Gasteiger partial charge in [0.2, 0.25) is 0 Å². The Morgan fingerprint density at radius 3 is 2.65 bits per heavy atom. The molecule has 2 rings (SSSR count). The first-order chi connectivity index (χ1) is 12.2. The number of ether oxygens (including phenoxy) is 2. The second-order valence-corrected chi connectivity index (χ2v) is 9.03. The Hall–Kier alpha value is -1.37. The molecule has 0 saturated heterocycles. The predicted octanol–water partition coefficient (Wildman–Crippen LogP) is 6.03. The summed E-state index contributed by atoms with van der Waals surface area (Å²) in [4.78, 5) is 14.9. The molecule has 0 bridgehead atoms. The van der Waals surface area contributed by atoms with Gasteiger partial charge in [0.15, 0.2) is 0 Å². The third-order valence-electron chi connectivity index (χ3n) is 3.63. The lowest BCUT2D eigenvalue weighted by atomic mass is 10.2. The van der Waals surface area contributed by atoms with Crippen molar-refractivity contribution in [2.75, 3.05) is 13.6 Å². The minimum Gasteiger partial charge on any atom is -0.444 e. The van der Waals surface area contributed by atoms with Gasteiger partial charge in [-0.15, -0.1) is 11.3 Å². The summed E-state index contributed by atoms with van der Waals surface area (Å²) in [5.74, 6) is 0. The van der Waals surface area contributed by atoms with Gasteiger partial charge in [0.1, 0.15) is 5.60 Å². The van der Waals surface area contributed by atoms with Crippen molar-refractivity contribution in [2.24, 2.45) is 0 Å². The quantitative estimate of drug-likeness (QED) is 0.528. The van der Waals surface area contributed by atoms with Crippen molar-refractivity contribution in [1.29, 1.82) is 0 Å². The summed E-state index contributed by atoms with van der Waals surface area (Å²) >= 11 is 5.16. The Morgan fingerprint density at radius 1 is 1.27 bits per heavy atom. The van der Waals surface area contributed by atoms with Crippen molar-refractivity contribution < 1.29 is 14.3 Å². The Kier molecular flexibility index (Phi) is 7.68. The molecule has 1 amide bonds. The Balaban J connectivity index is 1.94. The van der Waals surface area contributed by atoms with Crippen LogP contribution in [0.25, 0.3) is 0 Å². The summed E-state index contributed by atoms with van der Waals surface area (Å²) in [5, 5.41) is 2.04. The van der Waals surface area contributed by atoms with Crippen LogP contribution in [0.1, 0.15) is 43.7 Å². The van der Waals surface area contributed by atoms with Crippen LogP contribution >= 0.6 is 27.3 Å². The molecule has 0 aliphatic carbocycles. The number of hydrogen-bond donors (Lipinski definition) is 0. The molecular formula is C20H26BrNO3S. The molecule has 1 aromatic carbocycles. The van der Waals surface area contributed by atoms with E-state index in [0.717, 1.165) is 14.9 Å². The van der Waals surface area contributed by atoms with Gasteiger partial charge in [0, 0.05) is 22.9 Å². The number of amides is 1. The van der Waals surface area contributed by atoms with Crippen LogP contribution in [0.3, 0.4) is 0 Å². The van der Waals surface area contributed by atoms with E-state index in [4.69, 9.17) is 9.47 Å². The maximum Gasteiger partial charge on any atom is 0.410 e. The highest BCUT2D eigenvalue weighted by atomic mass is 79.9. The fourth-order valence-electron chi connectivity index (χ4n) is 2.35. The fraction of sp³-hybridized carbons (Fsp3) is 0.450. The third-order valence-corrected chi connectivity index (χ3v) is 5.09. The molecule has 26 heavy (non-hydrogen) atoms. The second kappa shape index (κ2) is 9.53. The highest BCUT2D eigenvalue weighted by Gasteiger charge is 2.21. The molecule has 0 unspecified atom stereocenters. The van der Waals surface area contributed by atoms with E-state index in [2.05, 4.69) is 28.1 Å². The number of thiophene rings is 1. The number of carbonyl (C=O) groups is 1. The van der Waals surface area contributed by atoms with Crippen molar-refractivity contribution in [3.63, 3.8) is 0 Å². The summed E-state index contributed by atoms with van der Waals surface area (Å²) < 4.78 is 12.6. The van der Waals surface area contributed by atoms with Gasteiger partial charge in [-0.3, -0.25) is 0 Å². The SMILES string of the molecule is CN(CC[C@@H](OCc1cccc(Br)c1)c1cccs1)C(=O)OC(C)(C)C. The monoisotopic (exact) mass is 439 g/mol. The van der Waals surface area contributed by atoms with E-state index in [1.165, 1.54) is 0 Å².